The second-order valence-electron chi connectivity index (χ2n) is 3.08. The molecule has 0 spiro atoms. The van der Waals surface area contributed by atoms with Crippen LogP contribution in [0.25, 0.3) is 0 Å². The number of rotatable bonds is 2. The van der Waals surface area contributed by atoms with Gasteiger partial charge in [-0.25, -0.2) is 0 Å². The van der Waals surface area contributed by atoms with E-state index in [2.05, 4.69) is 0 Å². The van der Waals surface area contributed by atoms with E-state index < -0.39 is 15.9 Å². The molecular weight excluding hydrogens is 312 g/mol. The number of carbonyl (C=O) groups is 1. The van der Waals surface area contributed by atoms with Gasteiger partial charge in [-0.05, 0) is 18.2 Å². The minimum absolute atomic E-state index is 0.134. The Kier molecular flexibility index (Phi) is 4.75. The molecule has 1 aromatic rings. The van der Waals surface area contributed by atoms with Crippen LogP contribution in [-0.4, -0.2) is 26.1 Å². The highest BCUT2D eigenvalue weighted by molar-refractivity contribution is 6.68. The van der Waals surface area contributed by atoms with E-state index in [9.17, 15) is 15.0 Å². The molecule has 0 heterocycles. The molecule has 1 unspecified atom stereocenters. The second kappa shape index (κ2) is 5.50. The Morgan fingerprint density at radius 3 is 2.47 bits per heavy atom. The molecule has 1 amide bonds. The fraction of sp³-hybridized carbons (Fsp3) is 0.222. The van der Waals surface area contributed by atoms with E-state index >= 15 is 0 Å². The lowest BCUT2D eigenvalue weighted by molar-refractivity contribution is 0.0789. The smallest absolute Gasteiger partial charge is 0.257 e. The Hall–Kier alpha value is -0.390. The van der Waals surface area contributed by atoms with Gasteiger partial charge < -0.3 is 15.5 Å². The van der Waals surface area contributed by atoms with E-state index in [1.165, 1.54) is 18.2 Å². The number of phenolic OH excluding ortho intramolecular Hbond substituents is 1. The topological polar surface area (TPSA) is 69.6 Å². The number of aliphatic hydroxyl groups excluding tert-OH is 1. The lowest BCUT2D eigenvalue weighted by atomic mass is 10.2. The molecule has 4 nitrogen and oxygen atoms in total. The fourth-order valence-corrected chi connectivity index (χ4v) is 1.31. The average molecular weight is 319 g/mol. The first kappa shape index (κ1) is 14.7. The van der Waals surface area contributed by atoms with Gasteiger partial charge >= 0.3 is 0 Å². The van der Waals surface area contributed by atoms with Gasteiger partial charge in [0.2, 0.25) is 3.79 Å². The van der Waals surface area contributed by atoms with Gasteiger partial charge in [-0.1, -0.05) is 46.4 Å². The minimum atomic E-state index is -2.07. The van der Waals surface area contributed by atoms with Gasteiger partial charge in [0.25, 0.3) is 5.91 Å². The standard InChI is InChI=1S/C9H7Cl4NO3/c10-4-1-2-6(15)5(3-4)7(16)14-8(17)9(11,12)13/h1-3,8,15,17H,(H,14,16). The Labute approximate surface area is 117 Å². The molecule has 0 radical (unpaired) electrons. The van der Waals surface area contributed by atoms with Crippen LogP contribution in [0.5, 0.6) is 5.75 Å². The van der Waals surface area contributed by atoms with Crippen molar-refractivity contribution < 1.29 is 15.0 Å². The maximum atomic E-state index is 11.6. The number of carbonyl (C=O) groups excluding carboxylic acids is 1. The van der Waals surface area contributed by atoms with E-state index in [-0.39, 0.29) is 16.3 Å². The maximum absolute atomic E-state index is 11.6. The van der Waals surface area contributed by atoms with E-state index in [0.717, 1.165) is 0 Å². The van der Waals surface area contributed by atoms with Crippen LogP contribution in [-0.2, 0) is 0 Å². The van der Waals surface area contributed by atoms with Crippen LogP contribution in [0.3, 0.4) is 0 Å². The van der Waals surface area contributed by atoms with Gasteiger partial charge in [0, 0.05) is 5.02 Å². The van der Waals surface area contributed by atoms with E-state index in [1.54, 1.807) is 0 Å². The van der Waals surface area contributed by atoms with Gasteiger partial charge in [-0.3, -0.25) is 4.79 Å². The number of phenols is 1. The van der Waals surface area contributed by atoms with Gasteiger partial charge in [-0.15, -0.1) is 0 Å². The van der Waals surface area contributed by atoms with Gasteiger partial charge in [0.05, 0.1) is 5.56 Å². The summed E-state index contributed by atoms with van der Waals surface area (Å²) >= 11 is 21.7. The molecule has 0 aliphatic rings. The monoisotopic (exact) mass is 317 g/mol. The highest BCUT2D eigenvalue weighted by atomic mass is 35.6. The predicted molar refractivity (Wildman–Crippen MR) is 66.9 cm³/mol. The molecule has 0 fully saturated rings. The zero-order valence-electron chi connectivity index (χ0n) is 8.12. The first-order valence-electron chi connectivity index (χ1n) is 4.26. The van der Waals surface area contributed by atoms with Gasteiger partial charge in [-0.2, -0.15) is 0 Å². The van der Waals surface area contributed by atoms with Crippen molar-refractivity contribution in [3.63, 3.8) is 0 Å². The van der Waals surface area contributed by atoms with Gasteiger partial charge in [0.1, 0.15) is 5.75 Å². The average Bonchev–Trinajstić information content (AvgIpc) is 2.20. The number of halogens is 4. The molecule has 8 heteroatoms. The molecule has 94 valence electrons. The Morgan fingerprint density at radius 1 is 1.35 bits per heavy atom. The third-order valence-corrected chi connectivity index (χ3v) is 2.64. The van der Waals surface area contributed by atoms with Crippen LogP contribution >= 0.6 is 46.4 Å². The normalized spacial score (nSPS) is 13.2. The molecule has 3 N–H and O–H groups in total. The molecule has 0 aliphatic carbocycles. The van der Waals surface area contributed by atoms with Crippen molar-refractivity contribution in [1.29, 1.82) is 0 Å². The lowest BCUT2D eigenvalue weighted by Crippen LogP contribution is -2.43. The van der Waals surface area contributed by atoms with Crippen molar-refractivity contribution in [2.24, 2.45) is 0 Å². The summed E-state index contributed by atoms with van der Waals surface area (Å²) in [4.78, 5) is 11.6. The largest absolute Gasteiger partial charge is 0.507 e. The van der Waals surface area contributed by atoms with Crippen molar-refractivity contribution in [1.82, 2.24) is 5.32 Å². The van der Waals surface area contributed by atoms with Crippen molar-refractivity contribution in [3.05, 3.63) is 28.8 Å². The summed E-state index contributed by atoms with van der Waals surface area (Å²) in [6.07, 6.45) is -1.71. The summed E-state index contributed by atoms with van der Waals surface area (Å²) in [7, 11) is 0. The molecule has 0 saturated carbocycles. The van der Waals surface area contributed by atoms with Crippen LogP contribution in [0, 0.1) is 0 Å². The predicted octanol–water partition coefficient (Wildman–Crippen LogP) is 2.46. The van der Waals surface area contributed by atoms with Crippen LogP contribution < -0.4 is 5.32 Å². The second-order valence-corrected chi connectivity index (χ2v) is 5.88. The zero-order valence-corrected chi connectivity index (χ0v) is 11.1. The fourth-order valence-electron chi connectivity index (χ4n) is 0.974. The summed E-state index contributed by atoms with van der Waals surface area (Å²) in [5.74, 6) is -1.12. The third-order valence-electron chi connectivity index (χ3n) is 1.78. The van der Waals surface area contributed by atoms with E-state index in [0.29, 0.717) is 0 Å². The molecular formula is C9H7Cl4NO3. The summed E-state index contributed by atoms with van der Waals surface area (Å²) < 4.78 is -2.07. The molecule has 1 rings (SSSR count). The molecule has 1 atom stereocenters. The number of aromatic hydroxyl groups is 1. The molecule has 0 bridgehead atoms. The van der Waals surface area contributed by atoms with Crippen molar-refractivity contribution in [2.75, 3.05) is 0 Å². The molecule has 0 saturated heterocycles. The third kappa shape index (κ3) is 4.08. The Morgan fingerprint density at radius 2 is 1.94 bits per heavy atom. The number of nitrogens with one attached hydrogen (secondary N) is 1. The zero-order chi connectivity index (χ0) is 13.2. The highest BCUT2D eigenvalue weighted by Crippen LogP contribution is 2.29. The number of benzene rings is 1. The summed E-state index contributed by atoms with van der Waals surface area (Å²) in [5, 5.41) is 21.0. The number of hydrogen-bond donors (Lipinski definition) is 3. The Balaban J connectivity index is 2.87. The molecule has 0 aromatic heterocycles. The van der Waals surface area contributed by atoms with Gasteiger partial charge in [0.15, 0.2) is 6.23 Å². The summed E-state index contributed by atoms with van der Waals surface area (Å²) in [6, 6.07) is 3.86. The highest BCUT2D eigenvalue weighted by Gasteiger charge is 2.32. The van der Waals surface area contributed by atoms with Crippen molar-refractivity contribution in [2.45, 2.75) is 10.0 Å². The quantitative estimate of drug-likeness (QED) is 0.579. The first-order chi connectivity index (χ1) is 7.71. The van der Waals surface area contributed by atoms with E-state index in [4.69, 9.17) is 46.4 Å². The lowest BCUT2D eigenvalue weighted by Gasteiger charge is -2.20. The number of alkyl halides is 3. The van der Waals surface area contributed by atoms with Crippen LogP contribution in [0.15, 0.2) is 18.2 Å². The first-order valence-corrected chi connectivity index (χ1v) is 5.77. The minimum Gasteiger partial charge on any atom is -0.507 e. The van der Waals surface area contributed by atoms with Crippen LogP contribution in [0.1, 0.15) is 10.4 Å². The molecule has 17 heavy (non-hydrogen) atoms. The number of aliphatic hydroxyl groups is 1. The Bertz CT molecular complexity index is 433. The number of amides is 1. The SMILES string of the molecule is O=C(NC(O)C(Cl)(Cl)Cl)c1cc(Cl)ccc1O. The summed E-state index contributed by atoms with van der Waals surface area (Å²) in [6.45, 7) is 0. The molecule has 1 aromatic carbocycles. The van der Waals surface area contributed by atoms with Crippen molar-refractivity contribution >= 4 is 52.3 Å². The maximum Gasteiger partial charge on any atom is 0.257 e. The number of hydrogen-bond acceptors (Lipinski definition) is 3. The van der Waals surface area contributed by atoms with E-state index in [1.807, 2.05) is 5.32 Å². The summed E-state index contributed by atoms with van der Waals surface area (Å²) in [5.41, 5.74) is -0.134. The molecule has 0 aliphatic heterocycles. The van der Waals surface area contributed by atoms with Crippen molar-refractivity contribution in [3.8, 4) is 5.75 Å². The van der Waals surface area contributed by atoms with Crippen LogP contribution in [0.2, 0.25) is 5.02 Å². The van der Waals surface area contributed by atoms with Crippen LogP contribution in [0.4, 0.5) is 0 Å².